The summed E-state index contributed by atoms with van der Waals surface area (Å²) < 4.78 is 6.72. The molecule has 0 N–H and O–H groups in total. The fourth-order valence-electron chi connectivity index (χ4n) is 4.48. The average Bonchev–Trinajstić information content (AvgIpc) is 3.44. The quantitative estimate of drug-likeness (QED) is 0.320. The number of ketones is 1. The SMILES string of the molecule is Cc1nc2cc(C(=O)CCC3CCN(Cc4cc(-c5ccccc5)no4)CC3)ccc2s1. The van der Waals surface area contributed by atoms with Crippen molar-refractivity contribution in [2.75, 3.05) is 13.1 Å². The van der Waals surface area contributed by atoms with Gasteiger partial charge in [-0.25, -0.2) is 4.98 Å². The highest BCUT2D eigenvalue weighted by Gasteiger charge is 2.21. The van der Waals surface area contributed by atoms with Crippen LogP contribution in [0.2, 0.25) is 0 Å². The third-order valence-electron chi connectivity index (χ3n) is 6.31. The number of hydrogen-bond acceptors (Lipinski definition) is 6. The molecule has 164 valence electrons. The van der Waals surface area contributed by atoms with Crippen LogP contribution in [0, 0.1) is 12.8 Å². The Labute approximate surface area is 192 Å². The first kappa shape index (κ1) is 21.0. The van der Waals surface area contributed by atoms with E-state index in [2.05, 4.69) is 15.0 Å². The number of carbonyl (C=O) groups excluding carboxylic acids is 1. The Morgan fingerprint density at radius 3 is 2.75 bits per heavy atom. The summed E-state index contributed by atoms with van der Waals surface area (Å²) in [7, 11) is 0. The molecular formula is C26H27N3O2S. The number of fused-ring (bicyclic) bond motifs is 1. The van der Waals surface area contributed by atoms with Crippen molar-refractivity contribution in [2.45, 2.75) is 39.2 Å². The van der Waals surface area contributed by atoms with Crippen LogP contribution in [0.25, 0.3) is 21.5 Å². The van der Waals surface area contributed by atoms with Crippen LogP contribution in [0.4, 0.5) is 0 Å². The van der Waals surface area contributed by atoms with Crippen molar-refractivity contribution in [2.24, 2.45) is 5.92 Å². The molecule has 2 aromatic heterocycles. The van der Waals surface area contributed by atoms with Gasteiger partial charge in [0.1, 0.15) is 5.69 Å². The third-order valence-corrected chi connectivity index (χ3v) is 7.26. The van der Waals surface area contributed by atoms with Crippen molar-refractivity contribution >= 4 is 27.3 Å². The number of aryl methyl sites for hydroxylation is 1. The summed E-state index contributed by atoms with van der Waals surface area (Å²) in [4.78, 5) is 19.6. The highest BCUT2D eigenvalue weighted by atomic mass is 32.1. The molecule has 5 nitrogen and oxygen atoms in total. The Hall–Kier alpha value is -2.83. The maximum Gasteiger partial charge on any atom is 0.162 e. The monoisotopic (exact) mass is 445 g/mol. The number of Topliss-reactive ketones (excluding diaryl/α,β-unsaturated/α-hetero) is 1. The molecule has 0 aliphatic carbocycles. The summed E-state index contributed by atoms with van der Waals surface area (Å²) in [5.74, 6) is 1.75. The lowest BCUT2D eigenvalue weighted by atomic mass is 9.90. The van der Waals surface area contributed by atoms with Gasteiger partial charge < -0.3 is 4.52 Å². The molecule has 1 aliphatic rings. The zero-order valence-electron chi connectivity index (χ0n) is 18.3. The molecule has 0 radical (unpaired) electrons. The molecular weight excluding hydrogens is 418 g/mol. The number of hydrogen-bond donors (Lipinski definition) is 0. The highest BCUT2D eigenvalue weighted by molar-refractivity contribution is 7.18. The molecule has 0 saturated carbocycles. The van der Waals surface area contributed by atoms with E-state index in [0.717, 1.165) is 76.7 Å². The van der Waals surface area contributed by atoms with Gasteiger partial charge in [0, 0.05) is 23.6 Å². The van der Waals surface area contributed by atoms with Gasteiger partial charge in [0.05, 0.1) is 21.8 Å². The van der Waals surface area contributed by atoms with Crippen LogP contribution >= 0.6 is 11.3 Å². The normalized spacial score (nSPS) is 15.4. The minimum atomic E-state index is 0.232. The summed E-state index contributed by atoms with van der Waals surface area (Å²) >= 11 is 1.67. The maximum atomic E-state index is 12.7. The Bertz CT molecular complexity index is 1210. The molecule has 5 rings (SSSR count). The van der Waals surface area contributed by atoms with Gasteiger partial charge in [-0.15, -0.1) is 11.3 Å². The first-order valence-electron chi connectivity index (χ1n) is 11.3. The molecule has 0 spiro atoms. The van der Waals surface area contributed by atoms with Crippen molar-refractivity contribution < 1.29 is 9.32 Å². The van der Waals surface area contributed by atoms with Crippen LogP contribution in [0.1, 0.15) is 46.8 Å². The third kappa shape index (κ3) is 4.81. The van der Waals surface area contributed by atoms with E-state index < -0.39 is 0 Å². The number of likely N-dealkylation sites (tertiary alicyclic amines) is 1. The standard InChI is InChI=1S/C26H27N3O2S/c1-18-27-24-15-21(8-10-26(24)32-18)25(30)9-7-19-11-13-29(14-12-19)17-22-16-23(28-31-22)20-5-3-2-4-6-20/h2-6,8,10,15-16,19H,7,9,11-14,17H2,1H3. The minimum Gasteiger partial charge on any atom is -0.359 e. The second kappa shape index (κ2) is 9.35. The van der Waals surface area contributed by atoms with E-state index in [0.29, 0.717) is 12.3 Å². The molecule has 4 aromatic rings. The number of rotatable bonds is 7. The van der Waals surface area contributed by atoms with Crippen molar-refractivity contribution in [3.8, 4) is 11.3 Å². The number of benzene rings is 2. The molecule has 0 bridgehead atoms. The lowest BCUT2D eigenvalue weighted by Gasteiger charge is -2.31. The van der Waals surface area contributed by atoms with Gasteiger partial charge in [-0.3, -0.25) is 9.69 Å². The number of piperidine rings is 1. The first-order valence-corrected chi connectivity index (χ1v) is 12.1. The van der Waals surface area contributed by atoms with Gasteiger partial charge in [0.25, 0.3) is 0 Å². The van der Waals surface area contributed by atoms with E-state index in [1.165, 1.54) is 0 Å². The zero-order chi connectivity index (χ0) is 21.9. The Kier molecular flexibility index (Phi) is 6.14. The molecule has 0 unspecified atom stereocenters. The van der Waals surface area contributed by atoms with Crippen LogP contribution in [-0.4, -0.2) is 33.9 Å². The lowest BCUT2D eigenvalue weighted by molar-refractivity contribution is 0.0959. The number of carbonyl (C=O) groups is 1. The second-order valence-corrected chi connectivity index (χ2v) is 9.88. The molecule has 1 aliphatic heterocycles. The van der Waals surface area contributed by atoms with Gasteiger partial charge >= 0.3 is 0 Å². The lowest BCUT2D eigenvalue weighted by Crippen LogP contribution is -2.33. The van der Waals surface area contributed by atoms with Gasteiger partial charge in [0.2, 0.25) is 0 Å². The van der Waals surface area contributed by atoms with E-state index in [9.17, 15) is 4.79 Å². The van der Waals surface area contributed by atoms with Crippen LogP contribution in [-0.2, 0) is 6.54 Å². The molecule has 3 heterocycles. The average molecular weight is 446 g/mol. The molecule has 32 heavy (non-hydrogen) atoms. The van der Waals surface area contributed by atoms with Crippen molar-refractivity contribution in [3.63, 3.8) is 0 Å². The highest BCUT2D eigenvalue weighted by Crippen LogP contribution is 2.27. The summed E-state index contributed by atoms with van der Waals surface area (Å²) in [5, 5.41) is 5.26. The summed E-state index contributed by atoms with van der Waals surface area (Å²) in [6.45, 7) is 4.86. The summed E-state index contributed by atoms with van der Waals surface area (Å²) in [6.07, 6.45) is 3.82. The minimum absolute atomic E-state index is 0.232. The fraction of sp³-hybridized carbons (Fsp3) is 0.346. The largest absolute Gasteiger partial charge is 0.359 e. The van der Waals surface area contributed by atoms with Crippen molar-refractivity contribution in [3.05, 3.63) is 70.9 Å². The predicted molar refractivity (Wildman–Crippen MR) is 128 cm³/mol. The molecule has 1 fully saturated rings. The van der Waals surface area contributed by atoms with Crippen molar-refractivity contribution in [1.82, 2.24) is 15.0 Å². The molecule has 0 amide bonds. The molecule has 0 atom stereocenters. The van der Waals surface area contributed by atoms with E-state index in [-0.39, 0.29) is 5.78 Å². The van der Waals surface area contributed by atoms with Crippen LogP contribution in [0.5, 0.6) is 0 Å². The second-order valence-electron chi connectivity index (χ2n) is 8.64. The molecule has 2 aromatic carbocycles. The van der Waals surface area contributed by atoms with Crippen LogP contribution < -0.4 is 0 Å². The number of nitrogens with zero attached hydrogens (tertiary/aromatic N) is 3. The van der Waals surface area contributed by atoms with Gasteiger partial charge in [-0.2, -0.15) is 0 Å². The maximum absolute atomic E-state index is 12.7. The molecule has 1 saturated heterocycles. The summed E-state index contributed by atoms with van der Waals surface area (Å²) in [6, 6.07) is 18.1. The van der Waals surface area contributed by atoms with E-state index in [4.69, 9.17) is 4.52 Å². The van der Waals surface area contributed by atoms with Crippen molar-refractivity contribution in [1.29, 1.82) is 0 Å². The Morgan fingerprint density at radius 2 is 1.94 bits per heavy atom. The van der Waals surface area contributed by atoms with Crippen LogP contribution in [0.3, 0.4) is 0 Å². The van der Waals surface area contributed by atoms with E-state index >= 15 is 0 Å². The Morgan fingerprint density at radius 1 is 1.12 bits per heavy atom. The van der Waals surface area contributed by atoms with Gasteiger partial charge in [0.15, 0.2) is 11.5 Å². The predicted octanol–water partition coefficient (Wildman–Crippen LogP) is 6.13. The first-order chi connectivity index (χ1) is 15.6. The van der Waals surface area contributed by atoms with E-state index in [1.807, 2.05) is 61.5 Å². The zero-order valence-corrected chi connectivity index (χ0v) is 19.1. The van der Waals surface area contributed by atoms with Crippen LogP contribution in [0.15, 0.2) is 59.1 Å². The van der Waals surface area contributed by atoms with Gasteiger partial charge in [-0.1, -0.05) is 35.5 Å². The number of thiazole rings is 1. The van der Waals surface area contributed by atoms with E-state index in [1.54, 1.807) is 11.3 Å². The fourth-order valence-corrected chi connectivity index (χ4v) is 5.29. The topological polar surface area (TPSA) is 59.2 Å². The Balaban J connectivity index is 1.09. The summed E-state index contributed by atoms with van der Waals surface area (Å²) in [5.41, 5.74) is 3.70. The van der Waals surface area contributed by atoms with Gasteiger partial charge in [-0.05, 0) is 63.4 Å². The molecule has 6 heteroatoms. The smallest absolute Gasteiger partial charge is 0.162 e. The number of aromatic nitrogens is 2.